The first-order valence-corrected chi connectivity index (χ1v) is 8.47. The van der Waals surface area contributed by atoms with Crippen LogP contribution in [-0.4, -0.2) is 35.7 Å². The zero-order valence-electron chi connectivity index (χ0n) is 14.0. The summed E-state index contributed by atoms with van der Waals surface area (Å²) in [4.78, 5) is 26.3. The average molecular weight is 355 g/mol. The predicted octanol–water partition coefficient (Wildman–Crippen LogP) is 2.97. The highest BCUT2D eigenvalue weighted by Crippen LogP contribution is 2.33. The van der Waals surface area contributed by atoms with Crippen molar-refractivity contribution in [1.82, 2.24) is 10.2 Å². The van der Waals surface area contributed by atoms with Crippen LogP contribution in [0.3, 0.4) is 0 Å². The highest BCUT2D eigenvalue weighted by atomic mass is 19.1. The number of rotatable bonds is 1. The molecule has 0 aliphatic carbocycles. The number of nitrogens with one attached hydrogen (secondary N) is 2. The van der Waals surface area contributed by atoms with Crippen LogP contribution in [0.2, 0.25) is 0 Å². The number of para-hydroxylation sites is 2. The van der Waals surface area contributed by atoms with E-state index < -0.39 is 11.5 Å². The molecule has 7 heteroatoms. The van der Waals surface area contributed by atoms with Crippen molar-refractivity contribution in [2.75, 3.05) is 18.4 Å². The van der Waals surface area contributed by atoms with Crippen molar-refractivity contribution in [2.45, 2.75) is 18.6 Å². The first-order valence-electron chi connectivity index (χ1n) is 8.47. The Morgan fingerprint density at radius 2 is 1.81 bits per heavy atom. The van der Waals surface area contributed by atoms with Gasteiger partial charge in [0.15, 0.2) is 5.72 Å². The maximum absolute atomic E-state index is 13.7. The fourth-order valence-corrected chi connectivity index (χ4v) is 3.31. The average Bonchev–Trinajstić information content (AvgIpc) is 2.64. The van der Waals surface area contributed by atoms with Crippen LogP contribution in [0.15, 0.2) is 48.5 Å². The van der Waals surface area contributed by atoms with E-state index in [1.54, 1.807) is 35.2 Å². The van der Waals surface area contributed by atoms with Gasteiger partial charge in [-0.3, -0.25) is 4.79 Å². The maximum Gasteiger partial charge on any atom is 0.321 e. The number of nitrogens with zero attached hydrogens (tertiary/aromatic N) is 1. The fourth-order valence-electron chi connectivity index (χ4n) is 3.31. The monoisotopic (exact) mass is 355 g/mol. The zero-order chi connectivity index (χ0) is 18.1. The standard InChI is InChI=1S/C19H18FN3O3/c20-14-6-2-3-7-15(14)21-18(25)23-11-9-19(10-12-23)22-17(24)13-5-1-4-8-16(13)26-19/h1-8H,9-12H2,(H,21,25)(H,22,24). The lowest BCUT2D eigenvalue weighted by molar-refractivity contribution is -0.0203. The summed E-state index contributed by atoms with van der Waals surface area (Å²) in [6, 6.07) is 12.8. The van der Waals surface area contributed by atoms with Gasteiger partial charge in [0.05, 0.1) is 11.3 Å². The molecule has 26 heavy (non-hydrogen) atoms. The van der Waals surface area contributed by atoms with E-state index in [1.165, 1.54) is 12.1 Å². The predicted molar refractivity (Wildman–Crippen MR) is 93.5 cm³/mol. The van der Waals surface area contributed by atoms with Gasteiger partial charge in [-0.2, -0.15) is 0 Å². The highest BCUT2D eigenvalue weighted by Gasteiger charge is 2.43. The van der Waals surface area contributed by atoms with Crippen LogP contribution in [0.4, 0.5) is 14.9 Å². The number of hydrogen-bond donors (Lipinski definition) is 2. The van der Waals surface area contributed by atoms with Crippen LogP contribution in [-0.2, 0) is 0 Å². The number of amides is 3. The van der Waals surface area contributed by atoms with E-state index in [0.29, 0.717) is 37.2 Å². The molecule has 0 unspecified atom stereocenters. The zero-order valence-corrected chi connectivity index (χ0v) is 14.0. The molecule has 2 aliphatic heterocycles. The van der Waals surface area contributed by atoms with Gasteiger partial charge in [-0.05, 0) is 24.3 Å². The van der Waals surface area contributed by atoms with Gasteiger partial charge in [0.25, 0.3) is 5.91 Å². The van der Waals surface area contributed by atoms with Crippen LogP contribution in [0.5, 0.6) is 5.75 Å². The molecule has 0 atom stereocenters. The first kappa shape index (κ1) is 16.4. The minimum atomic E-state index is -0.805. The van der Waals surface area contributed by atoms with Gasteiger partial charge in [0.1, 0.15) is 11.6 Å². The van der Waals surface area contributed by atoms with Gasteiger partial charge >= 0.3 is 6.03 Å². The molecule has 1 saturated heterocycles. The Balaban J connectivity index is 1.42. The molecule has 2 aliphatic rings. The number of ether oxygens (including phenoxy) is 1. The van der Waals surface area contributed by atoms with Crippen LogP contribution in [0.1, 0.15) is 23.2 Å². The number of anilines is 1. The largest absolute Gasteiger partial charge is 0.467 e. The second kappa shape index (κ2) is 6.33. The maximum atomic E-state index is 13.7. The minimum Gasteiger partial charge on any atom is -0.467 e. The van der Waals surface area contributed by atoms with Crippen molar-refractivity contribution < 1.29 is 18.7 Å². The Hall–Kier alpha value is -3.09. The van der Waals surface area contributed by atoms with E-state index in [1.807, 2.05) is 6.07 Å². The topological polar surface area (TPSA) is 70.7 Å². The number of likely N-dealkylation sites (tertiary alicyclic amines) is 1. The molecule has 3 amide bonds. The molecular formula is C19H18FN3O3. The molecule has 0 radical (unpaired) electrons. The molecular weight excluding hydrogens is 337 g/mol. The summed E-state index contributed by atoms with van der Waals surface area (Å²) < 4.78 is 19.7. The summed E-state index contributed by atoms with van der Waals surface area (Å²) in [7, 11) is 0. The van der Waals surface area contributed by atoms with E-state index in [4.69, 9.17) is 4.74 Å². The van der Waals surface area contributed by atoms with E-state index in [2.05, 4.69) is 10.6 Å². The molecule has 2 aromatic carbocycles. The lowest BCUT2D eigenvalue weighted by atomic mass is 9.97. The number of carbonyl (C=O) groups excluding carboxylic acids is 2. The van der Waals surface area contributed by atoms with Gasteiger partial charge in [0, 0.05) is 25.9 Å². The summed E-state index contributed by atoms with van der Waals surface area (Å²) >= 11 is 0. The molecule has 2 heterocycles. The van der Waals surface area contributed by atoms with Gasteiger partial charge in [-0.1, -0.05) is 24.3 Å². The Labute approximate surface area is 149 Å². The molecule has 4 rings (SSSR count). The molecule has 6 nitrogen and oxygen atoms in total. The van der Waals surface area contributed by atoms with Crippen molar-refractivity contribution in [1.29, 1.82) is 0 Å². The Morgan fingerprint density at radius 1 is 1.12 bits per heavy atom. The van der Waals surface area contributed by atoms with Crippen LogP contribution in [0.25, 0.3) is 0 Å². The van der Waals surface area contributed by atoms with Crippen molar-refractivity contribution in [3.63, 3.8) is 0 Å². The van der Waals surface area contributed by atoms with Crippen molar-refractivity contribution in [2.24, 2.45) is 0 Å². The summed E-state index contributed by atoms with van der Waals surface area (Å²) in [5.41, 5.74) is -0.146. The highest BCUT2D eigenvalue weighted by molar-refractivity contribution is 5.98. The van der Waals surface area contributed by atoms with Crippen LogP contribution < -0.4 is 15.4 Å². The van der Waals surface area contributed by atoms with Gasteiger partial charge in [-0.25, -0.2) is 9.18 Å². The number of halogens is 1. The molecule has 0 bridgehead atoms. The smallest absolute Gasteiger partial charge is 0.321 e. The first-order chi connectivity index (χ1) is 12.6. The lowest BCUT2D eigenvalue weighted by Gasteiger charge is -2.44. The van der Waals surface area contributed by atoms with Gasteiger partial charge in [0.2, 0.25) is 0 Å². The number of carbonyl (C=O) groups is 2. The van der Waals surface area contributed by atoms with Crippen molar-refractivity contribution >= 4 is 17.6 Å². The Morgan fingerprint density at radius 3 is 2.58 bits per heavy atom. The number of piperidine rings is 1. The molecule has 1 fully saturated rings. The number of fused-ring (bicyclic) bond motifs is 1. The summed E-state index contributed by atoms with van der Waals surface area (Å²) in [5.74, 6) is -0.0922. The molecule has 134 valence electrons. The van der Waals surface area contributed by atoms with E-state index in [0.717, 1.165) is 0 Å². The number of hydrogen-bond acceptors (Lipinski definition) is 3. The van der Waals surface area contributed by atoms with E-state index in [-0.39, 0.29) is 17.6 Å². The number of urea groups is 1. The number of benzene rings is 2. The third-order valence-electron chi connectivity index (χ3n) is 4.75. The summed E-state index contributed by atoms with van der Waals surface area (Å²) in [6.07, 6.45) is 0.912. The normalized spacial score (nSPS) is 17.9. The van der Waals surface area contributed by atoms with Gasteiger partial charge < -0.3 is 20.3 Å². The quantitative estimate of drug-likeness (QED) is 0.826. The van der Waals surface area contributed by atoms with Crippen molar-refractivity contribution in [3.05, 3.63) is 59.9 Å². The van der Waals surface area contributed by atoms with E-state index >= 15 is 0 Å². The van der Waals surface area contributed by atoms with E-state index in [9.17, 15) is 14.0 Å². The Kier molecular flexibility index (Phi) is 3.99. The minimum absolute atomic E-state index is 0.147. The summed E-state index contributed by atoms with van der Waals surface area (Å²) in [6.45, 7) is 0.783. The molecule has 2 N–H and O–H groups in total. The van der Waals surface area contributed by atoms with Crippen molar-refractivity contribution in [3.8, 4) is 5.75 Å². The fraction of sp³-hybridized carbons (Fsp3) is 0.263. The van der Waals surface area contributed by atoms with Gasteiger partial charge in [-0.15, -0.1) is 0 Å². The lowest BCUT2D eigenvalue weighted by Crippen LogP contribution is -2.61. The second-order valence-corrected chi connectivity index (χ2v) is 6.44. The van der Waals surface area contributed by atoms with Crippen LogP contribution in [0, 0.1) is 5.82 Å². The molecule has 0 aromatic heterocycles. The second-order valence-electron chi connectivity index (χ2n) is 6.44. The third kappa shape index (κ3) is 2.96. The van der Waals surface area contributed by atoms with Crippen LogP contribution >= 0.6 is 0 Å². The summed E-state index contributed by atoms with van der Waals surface area (Å²) in [5, 5.41) is 5.51. The molecule has 2 aromatic rings. The third-order valence-corrected chi connectivity index (χ3v) is 4.75. The molecule has 0 saturated carbocycles. The SMILES string of the molecule is O=C1NC2(CCN(C(=O)Nc3ccccc3F)CC2)Oc2ccccc21. The Bertz CT molecular complexity index is 863. The molecule has 1 spiro atoms.